The molecule has 2 heterocycles. The normalized spacial score (nSPS) is 22.5. The molecule has 0 saturated carbocycles. The molecule has 2 unspecified atom stereocenters. The van der Waals surface area contributed by atoms with Crippen LogP contribution < -0.4 is 10.1 Å². The van der Waals surface area contributed by atoms with Crippen LogP contribution in [0.2, 0.25) is 0 Å². The number of aliphatic hydroxyl groups is 1. The predicted molar refractivity (Wildman–Crippen MR) is 125 cm³/mol. The lowest BCUT2D eigenvalue weighted by molar-refractivity contribution is 0.120. The van der Waals surface area contributed by atoms with Crippen LogP contribution in [0.5, 0.6) is 5.75 Å². The number of aromatic nitrogens is 1. The van der Waals surface area contributed by atoms with Crippen molar-refractivity contribution in [2.45, 2.75) is 38.7 Å². The van der Waals surface area contributed by atoms with Crippen LogP contribution in [0.3, 0.4) is 0 Å². The van der Waals surface area contributed by atoms with Crippen molar-refractivity contribution in [1.82, 2.24) is 10.3 Å². The van der Waals surface area contributed by atoms with Crippen molar-refractivity contribution in [2.75, 3.05) is 7.11 Å². The van der Waals surface area contributed by atoms with Crippen molar-refractivity contribution in [3.8, 4) is 5.75 Å². The lowest BCUT2D eigenvalue weighted by Crippen LogP contribution is -2.37. The largest absolute Gasteiger partial charge is 0.496 e. The van der Waals surface area contributed by atoms with E-state index in [4.69, 9.17) is 4.74 Å². The minimum atomic E-state index is -0.513. The van der Waals surface area contributed by atoms with Gasteiger partial charge in [-0.2, -0.15) is 0 Å². The van der Waals surface area contributed by atoms with E-state index < -0.39 is 6.10 Å². The van der Waals surface area contributed by atoms with Gasteiger partial charge in [0.15, 0.2) is 0 Å². The van der Waals surface area contributed by atoms with E-state index in [1.807, 2.05) is 30.5 Å². The maximum atomic E-state index is 11.3. The van der Waals surface area contributed by atoms with Crippen LogP contribution in [-0.4, -0.2) is 23.3 Å². The Bertz CT molecular complexity index is 1190. The van der Waals surface area contributed by atoms with E-state index in [2.05, 4.69) is 60.6 Å². The molecule has 0 radical (unpaired) electrons. The quantitative estimate of drug-likeness (QED) is 0.604. The Morgan fingerprint density at radius 2 is 1.87 bits per heavy atom. The highest BCUT2D eigenvalue weighted by atomic mass is 16.5. The van der Waals surface area contributed by atoms with E-state index in [9.17, 15) is 5.11 Å². The van der Waals surface area contributed by atoms with Gasteiger partial charge in [0, 0.05) is 23.4 Å². The van der Waals surface area contributed by atoms with E-state index >= 15 is 0 Å². The Labute approximate surface area is 183 Å². The highest BCUT2D eigenvalue weighted by Gasteiger charge is 2.40. The Morgan fingerprint density at radius 1 is 1.06 bits per heavy atom. The topological polar surface area (TPSA) is 54.4 Å². The monoisotopic (exact) mass is 412 g/mol. The summed E-state index contributed by atoms with van der Waals surface area (Å²) in [6.07, 6.45) is 5.13. The first-order valence-corrected chi connectivity index (χ1v) is 10.8. The molecule has 2 N–H and O–H groups in total. The maximum absolute atomic E-state index is 11.3. The van der Waals surface area contributed by atoms with Crippen LogP contribution in [0.25, 0.3) is 16.5 Å². The zero-order valence-electron chi connectivity index (χ0n) is 18.2. The Morgan fingerprint density at radius 3 is 2.65 bits per heavy atom. The summed E-state index contributed by atoms with van der Waals surface area (Å²) in [5, 5.41) is 17.2. The van der Waals surface area contributed by atoms with E-state index in [0.717, 1.165) is 57.6 Å². The average Bonchev–Trinajstić information content (AvgIpc) is 2.77. The number of ether oxygens (including phenoxy) is 1. The number of pyridine rings is 1. The molecule has 4 heteroatoms. The summed E-state index contributed by atoms with van der Waals surface area (Å²) in [5.74, 6) is 0.742. The molecule has 158 valence electrons. The van der Waals surface area contributed by atoms with E-state index in [-0.39, 0.29) is 11.3 Å². The van der Waals surface area contributed by atoms with E-state index in [1.165, 1.54) is 0 Å². The second-order valence-electron chi connectivity index (χ2n) is 9.30. The first-order chi connectivity index (χ1) is 15.0. The summed E-state index contributed by atoms with van der Waals surface area (Å²) in [6, 6.07) is 18.5. The zero-order valence-corrected chi connectivity index (χ0v) is 18.2. The van der Waals surface area contributed by atoms with Crippen LogP contribution in [0.15, 0.2) is 78.1 Å². The van der Waals surface area contributed by atoms with E-state index in [1.54, 1.807) is 7.11 Å². The molecule has 2 atom stereocenters. The molecule has 5 rings (SSSR count). The molecule has 4 nitrogen and oxygen atoms in total. The van der Waals surface area contributed by atoms with Crippen molar-refractivity contribution in [3.63, 3.8) is 0 Å². The van der Waals surface area contributed by atoms with Gasteiger partial charge < -0.3 is 15.2 Å². The van der Waals surface area contributed by atoms with Crippen LogP contribution >= 0.6 is 0 Å². The number of methoxy groups -OCH3 is 1. The molecule has 0 amide bonds. The van der Waals surface area contributed by atoms with Gasteiger partial charge in [-0.25, -0.2) is 0 Å². The summed E-state index contributed by atoms with van der Waals surface area (Å²) in [7, 11) is 1.72. The van der Waals surface area contributed by atoms with Gasteiger partial charge in [-0.3, -0.25) is 4.98 Å². The maximum Gasteiger partial charge on any atom is 0.123 e. The molecular weight excluding hydrogens is 384 g/mol. The van der Waals surface area contributed by atoms with Gasteiger partial charge in [0.25, 0.3) is 0 Å². The van der Waals surface area contributed by atoms with E-state index in [0.29, 0.717) is 0 Å². The molecule has 0 fully saturated rings. The third kappa shape index (κ3) is 3.51. The Hall–Kier alpha value is -3.11. The summed E-state index contributed by atoms with van der Waals surface area (Å²) in [5.41, 5.74) is 5.15. The number of nitrogens with zero attached hydrogens (tertiary/aromatic N) is 1. The SMILES string of the molecule is COc1ccc2ccccc2c1C1C=C(c2ccccn2)NC2=C1C(O)CC(C)(C)C2. The highest BCUT2D eigenvalue weighted by Crippen LogP contribution is 2.49. The number of fused-ring (bicyclic) bond motifs is 1. The number of nitrogens with one attached hydrogen (secondary N) is 1. The molecule has 0 spiro atoms. The molecule has 1 aliphatic heterocycles. The summed E-state index contributed by atoms with van der Waals surface area (Å²) in [4.78, 5) is 4.58. The van der Waals surface area contributed by atoms with Gasteiger partial charge in [-0.1, -0.05) is 50.2 Å². The van der Waals surface area contributed by atoms with Crippen LogP contribution in [0.1, 0.15) is 43.9 Å². The van der Waals surface area contributed by atoms with Crippen LogP contribution in [-0.2, 0) is 0 Å². The third-order valence-corrected chi connectivity index (χ3v) is 6.47. The minimum absolute atomic E-state index is 0.0191. The smallest absolute Gasteiger partial charge is 0.123 e. The second-order valence-corrected chi connectivity index (χ2v) is 9.30. The fourth-order valence-electron chi connectivity index (χ4n) is 5.14. The number of hydrogen-bond donors (Lipinski definition) is 2. The predicted octanol–water partition coefficient (Wildman–Crippen LogP) is 5.41. The molecular formula is C27H28N2O2. The lowest BCUT2D eigenvalue weighted by atomic mass is 9.69. The molecule has 1 aromatic heterocycles. The second kappa shape index (κ2) is 7.54. The molecule has 0 saturated heterocycles. The summed E-state index contributed by atoms with van der Waals surface area (Å²) >= 11 is 0. The molecule has 3 aromatic rings. The molecule has 31 heavy (non-hydrogen) atoms. The number of dihydropyridines is 1. The van der Waals surface area contributed by atoms with Gasteiger partial charge in [-0.15, -0.1) is 0 Å². The molecule has 2 aromatic carbocycles. The number of hydrogen-bond acceptors (Lipinski definition) is 4. The number of allylic oxidation sites excluding steroid dienone is 2. The van der Waals surface area contributed by atoms with Gasteiger partial charge >= 0.3 is 0 Å². The Balaban J connectivity index is 1.77. The number of aliphatic hydroxyl groups excluding tert-OH is 1. The van der Waals surface area contributed by atoms with Crippen molar-refractivity contribution in [1.29, 1.82) is 0 Å². The fourth-order valence-corrected chi connectivity index (χ4v) is 5.14. The van der Waals surface area contributed by atoms with Crippen molar-refractivity contribution in [2.24, 2.45) is 5.41 Å². The third-order valence-electron chi connectivity index (χ3n) is 6.47. The molecule has 2 aliphatic rings. The first-order valence-electron chi connectivity index (χ1n) is 10.8. The average molecular weight is 413 g/mol. The fraction of sp³-hybridized carbons (Fsp3) is 0.296. The highest BCUT2D eigenvalue weighted by molar-refractivity contribution is 5.90. The molecule has 0 bridgehead atoms. The van der Waals surface area contributed by atoms with Gasteiger partial charge in [0.2, 0.25) is 0 Å². The number of benzene rings is 2. The Kier molecular flexibility index (Phi) is 4.82. The minimum Gasteiger partial charge on any atom is -0.496 e. The lowest BCUT2D eigenvalue weighted by Gasteiger charge is -2.42. The zero-order chi connectivity index (χ0) is 21.6. The van der Waals surface area contributed by atoms with Crippen LogP contribution in [0.4, 0.5) is 0 Å². The van der Waals surface area contributed by atoms with Crippen molar-refractivity contribution < 1.29 is 9.84 Å². The first kappa shape index (κ1) is 19.8. The van der Waals surface area contributed by atoms with Crippen molar-refractivity contribution >= 4 is 16.5 Å². The van der Waals surface area contributed by atoms with Crippen LogP contribution in [0, 0.1) is 5.41 Å². The standard InChI is InChI=1S/C27H28N2O2/c1-27(2)15-22-26(23(30)16-27)19(14-21(29-22)20-10-6-7-13-28-20)25-18-9-5-4-8-17(18)11-12-24(25)31-3/h4-14,19,23,29-30H,15-16H2,1-3H3. The summed E-state index contributed by atoms with van der Waals surface area (Å²) < 4.78 is 5.83. The summed E-state index contributed by atoms with van der Waals surface area (Å²) in [6.45, 7) is 4.43. The molecule has 1 aliphatic carbocycles. The van der Waals surface area contributed by atoms with Gasteiger partial charge in [-0.05, 0) is 58.9 Å². The van der Waals surface area contributed by atoms with Crippen molar-refractivity contribution in [3.05, 3.63) is 89.4 Å². The number of rotatable bonds is 3. The van der Waals surface area contributed by atoms with Gasteiger partial charge in [0.05, 0.1) is 24.6 Å². The van der Waals surface area contributed by atoms with Gasteiger partial charge in [0.1, 0.15) is 5.75 Å².